The van der Waals surface area contributed by atoms with Gasteiger partial charge in [0, 0.05) is 13.1 Å². The number of carbonyl (C=O) groups is 3. The third-order valence-corrected chi connectivity index (χ3v) is 10.8. The minimum absolute atomic E-state index is 0.128. The number of nitrogens with zero attached hydrogens (tertiary/aromatic N) is 5. The molecule has 0 unspecified atom stereocenters. The number of nitrogens with one attached hydrogen (secondary N) is 3. The minimum Gasteiger partial charge on any atom is -0.453 e. The number of likely N-dealkylation sites (tertiary alicyclic amines) is 2. The summed E-state index contributed by atoms with van der Waals surface area (Å²) >= 11 is 0. The molecule has 0 spiro atoms. The smallest absolute Gasteiger partial charge is 0.407 e. The topological polar surface area (TPSA) is 167 Å². The highest BCUT2D eigenvalue weighted by Crippen LogP contribution is 2.36. The molecule has 4 atom stereocenters. The molecule has 8 rings (SSSR count). The Morgan fingerprint density at radius 3 is 1.86 bits per heavy atom. The maximum absolute atomic E-state index is 14.0. The standard InChI is InChI=1S/C43H44N8O6/c1-55-43(54)49-38(30-13-7-4-8-14-30)42(53)51-22-10-16-36(51)40-46-32-20-18-28(25-34(32)48-40)23-27-17-19-31-33(24-27)47-39(45-31)35-15-9-21-50(35)41(52)37(44-26-57-56-2)29-11-5-3-6-12-29/h3-8,11-14,17-20,24-26,35-38H,9-10,15-16,21-23H2,1-2H3,(H,45,47)(H,46,48)(H,49,54)/b44-26-/t35-,36-,37+,38+/m0/s1. The van der Waals surface area contributed by atoms with Gasteiger partial charge in [-0.15, -0.1) is 0 Å². The number of alkyl carbamates (subject to hydrolysis) is 1. The summed E-state index contributed by atoms with van der Waals surface area (Å²) in [6.45, 7) is 1.15. The van der Waals surface area contributed by atoms with Crippen LogP contribution < -0.4 is 5.32 Å². The summed E-state index contributed by atoms with van der Waals surface area (Å²) in [7, 11) is 2.67. The van der Waals surface area contributed by atoms with Crippen molar-refractivity contribution in [3.63, 3.8) is 0 Å². The molecular weight excluding hydrogens is 725 g/mol. The van der Waals surface area contributed by atoms with Crippen LogP contribution in [0.4, 0.5) is 4.79 Å². The number of benzene rings is 4. The van der Waals surface area contributed by atoms with Crippen molar-refractivity contribution in [1.29, 1.82) is 0 Å². The first-order chi connectivity index (χ1) is 27.9. The number of H-pyrrole nitrogens is 2. The van der Waals surface area contributed by atoms with Crippen LogP contribution in [-0.4, -0.2) is 81.4 Å². The predicted octanol–water partition coefficient (Wildman–Crippen LogP) is 6.80. The van der Waals surface area contributed by atoms with E-state index in [0.29, 0.717) is 30.9 Å². The van der Waals surface area contributed by atoms with E-state index in [1.165, 1.54) is 14.2 Å². The number of carbonyl (C=O) groups excluding carboxylic acids is 3. The van der Waals surface area contributed by atoms with Crippen LogP contribution in [0.5, 0.6) is 0 Å². The molecule has 0 bridgehead atoms. The molecule has 57 heavy (non-hydrogen) atoms. The van der Waals surface area contributed by atoms with E-state index in [0.717, 1.165) is 76.7 Å². The van der Waals surface area contributed by atoms with E-state index in [4.69, 9.17) is 19.6 Å². The lowest BCUT2D eigenvalue weighted by atomic mass is 10.0. The Morgan fingerprint density at radius 2 is 1.32 bits per heavy atom. The number of rotatable bonds is 12. The molecule has 2 aliphatic heterocycles. The lowest BCUT2D eigenvalue weighted by molar-refractivity contribution is -0.188. The summed E-state index contributed by atoms with van der Waals surface area (Å²) in [5.74, 6) is 1.13. The van der Waals surface area contributed by atoms with Gasteiger partial charge in [0.2, 0.25) is 6.40 Å². The summed E-state index contributed by atoms with van der Waals surface area (Å²) in [6, 6.07) is 28.9. The van der Waals surface area contributed by atoms with Crippen LogP contribution in [0.3, 0.4) is 0 Å². The molecule has 14 nitrogen and oxygen atoms in total. The molecule has 4 aromatic carbocycles. The Hall–Kier alpha value is -6.54. The SMILES string of the molecule is COO/C=N\[C@@H](C(=O)N1CCC[C@H]1c1nc2cc(Cc3ccc4[nH]c([C@@H]5CCCN5C(=O)[C@H](NC(=O)OC)c5ccccc5)nc4c3)ccc2[nH]1)c1ccccc1. The van der Waals surface area contributed by atoms with E-state index in [-0.39, 0.29) is 23.9 Å². The maximum atomic E-state index is 14.0. The summed E-state index contributed by atoms with van der Waals surface area (Å²) < 4.78 is 4.84. The highest BCUT2D eigenvalue weighted by Gasteiger charge is 2.38. The highest BCUT2D eigenvalue weighted by molar-refractivity contribution is 5.88. The van der Waals surface area contributed by atoms with E-state index in [2.05, 4.69) is 49.4 Å². The normalized spacial score (nSPS) is 18.0. The molecular formula is C43H44N8O6. The quantitative estimate of drug-likeness (QED) is 0.0529. The first-order valence-corrected chi connectivity index (χ1v) is 19.1. The molecule has 292 valence electrons. The fourth-order valence-corrected chi connectivity index (χ4v) is 8.03. The number of aliphatic imine (C=N–C) groups is 1. The summed E-state index contributed by atoms with van der Waals surface area (Å²) in [5, 5.41) is 2.72. The van der Waals surface area contributed by atoms with Crippen LogP contribution in [0.2, 0.25) is 0 Å². The monoisotopic (exact) mass is 768 g/mol. The van der Waals surface area contributed by atoms with Crippen LogP contribution in [0, 0.1) is 0 Å². The molecule has 6 aromatic rings. The number of hydrogen-bond acceptors (Lipinski definition) is 9. The van der Waals surface area contributed by atoms with Gasteiger partial charge in [0.25, 0.3) is 11.8 Å². The number of aromatic amines is 2. The average Bonchev–Trinajstić information content (AvgIpc) is 4.07. The molecule has 2 aromatic heterocycles. The largest absolute Gasteiger partial charge is 0.453 e. The van der Waals surface area contributed by atoms with E-state index >= 15 is 0 Å². The molecule has 2 aliphatic rings. The first kappa shape index (κ1) is 37.4. The molecule has 2 fully saturated rings. The lowest BCUT2D eigenvalue weighted by Crippen LogP contribution is -2.42. The molecule has 2 saturated heterocycles. The number of hydrogen-bond donors (Lipinski definition) is 3. The number of amides is 3. The highest BCUT2D eigenvalue weighted by atomic mass is 17.2. The van der Waals surface area contributed by atoms with Crippen LogP contribution in [-0.2, 0) is 30.5 Å². The van der Waals surface area contributed by atoms with Crippen molar-refractivity contribution in [2.24, 2.45) is 4.99 Å². The van der Waals surface area contributed by atoms with Crippen molar-refractivity contribution in [3.8, 4) is 0 Å². The minimum atomic E-state index is -0.883. The van der Waals surface area contributed by atoms with Gasteiger partial charge >= 0.3 is 6.09 Å². The zero-order valence-corrected chi connectivity index (χ0v) is 31.8. The first-order valence-electron chi connectivity index (χ1n) is 19.1. The van der Waals surface area contributed by atoms with Gasteiger partial charge in [-0.25, -0.2) is 19.8 Å². The number of imidazole rings is 2. The molecule has 0 radical (unpaired) electrons. The van der Waals surface area contributed by atoms with Crippen LogP contribution in [0.1, 0.15) is 83.8 Å². The van der Waals surface area contributed by atoms with Crippen molar-refractivity contribution < 1.29 is 28.9 Å². The Balaban J connectivity index is 0.982. The molecule has 3 N–H and O–H groups in total. The Morgan fingerprint density at radius 1 is 0.772 bits per heavy atom. The molecule has 4 heterocycles. The van der Waals surface area contributed by atoms with E-state index in [9.17, 15) is 14.4 Å². The van der Waals surface area contributed by atoms with Crippen molar-refractivity contribution in [2.45, 2.75) is 56.3 Å². The third kappa shape index (κ3) is 7.94. The van der Waals surface area contributed by atoms with Crippen molar-refractivity contribution in [3.05, 3.63) is 131 Å². The van der Waals surface area contributed by atoms with Crippen LogP contribution in [0.15, 0.2) is 102 Å². The van der Waals surface area contributed by atoms with Gasteiger partial charge in [-0.2, -0.15) is 4.89 Å². The van der Waals surface area contributed by atoms with Crippen molar-refractivity contribution in [2.75, 3.05) is 27.3 Å². The zero-order valence-electron chi connectivity index (χ0n) is 31.8. The molecule has 3 amide bonds. The van der Waals surface area contributed by atoms with Crippen molar-refractivity contribution in [1.82, 2.24) is 35.1 Å². The van der Waals surface area contributed by atoms with Gasteiger partial charge in [0.1, 0.15) is 17.7 Å². The second kappa shape index (κ2) is 16.7. The zero-order chi connectivity index (χ0) is 39.3. The van der Waals surface area contributed by atoms with Gasteiger partial charge in [-0.05, 0) is 78.6 Å². The lowest BCUT2D eigenvalue weighted by Gasteiger charge is -2.28. The van der Waals surface area contributed by atoms with Gasteiger partial charge in [-0.3, -0.25) is 9.59 Å². The molecule has 0 saturated carbocycles. The number of fused-ring (bicyclic) bond motifs is 2. The van der Waals surface area contributed by atoms with E-state index in [1.54, 1.807) is 4.90 Å². The molecule has 14 heteroatoms. The van der Waals surface area contributed by atoms with Crippen LogP contribution in [0.25, 0.3) is 22.1 Å². The van der Waals surface area contributed by atoms with Gasteiger partial charge in [-0.1, -0.05) is 72.8 Å². The predicted molar refractivity (Wildman–Crippen MR) is 213 cm³/mol. The van der Waals surface area contributed by atoms with Gasteiger partial charge in [0.15, 0.2) is 6.04 Å². The Kier molecular flexibility index (Phi) is 10.9. The average molecular weight is 769 g/mol. The third-order valence-electron chi connectivity index (χ3n) is 10.8. The van der Waals surface area contributed by atoms with E-state index < -0.39 is 18.2 Å². The van der Waals surface area contributed by atoms with Crippen LogP contribution >= 0.6 is 0 Å². The van der Waals surface area contributed by atoms with Gasteiger partial charge in [0.05, 0.1) is 48.4 Å². The number of ether oxygens (including phenoxy) is 1. The Bertz CT molecular complexity index is 2400. The van der Waals surface area contributed by atoms with Gasteiger partial charge < -0.3 is 34.7 Å². The number of methoxy groups -OCH3 is 1. The second-order valence-corrected chi connectivity index (χ2v) is 14.3. The van der Waals surface area contributed by atoms with E-state index in [1.807, 2.05) is 77.7 Å². The maximum Gasteiger partial charge on any atom is 0.407 e. The molecule has 0 aliphatic carbocycles. The fourth-order valence-electron chi connectivity index (χ4n) is 8.03. The second-order valence-electron chi connectivity index (χ2n) is 14.3. The summed E-state index contributed by atoms with van der Waals surface area (Å²) in [6.07, 6.45) is 4.36. The van der Waals surface area contributed by atoms with Crippen molar-refractivity contribution >= 4 is 46.4 Å². The summed E-state index contributed by atoms with van der Waals surface area (Å²) in [4.78, 5) is 74.7. The summed E-state index contributed by atoms with van der Waals surface area (Å²) in [5.41, 5.74) is 7.05. The number of aromatic nitrogens is 4. The fraction of sp³-hybridized carbons (Fsp3) is 0.302. The Labute approximate surface area is 329 Å².